The molecule has 0 aromatic heterocycles. The van der Waals surface area contributed by atoms with Crippen LogP contribution in [0.2, 0.25) is 0 Å². The highest BCUT2D eigenvalue weighted by Crippen LogP contribution is 2.40. The van der Waals surface area contributed by atoms with Crippen LogP contribution in [-0.2, 0) is 16.0 Å². The van der Waals surface area contributed by atoms with Crippen molar-refractivity contribution in [3.8, 4) is 0 Å². The zero-order valence-corrected chi connectivity index (χ0v) is 15.6. The van der Waals surface area contributed by atoms with Gasteiger partial charge in [0.2, 0.25) is 11.8 Å². The molecule has 0 radical (unpaired) electrons. The number of rotatable bonds is 4. The van der Waals surface area contributed by atoms with Gasteiger partial charge in [0.05, 0.1) is 6.42 Å². The number of nitrogens with zero attached hydrogens (tertiary/aromatic N) is 1. The number of fused-ring (bicyclic) bond motifs is 1. The second kappa shape index (κ2) is 7.81. The minimum Gasteiger partial charge on any atom is -0.353 e. The van der Waals surface area contributed by atoms with Gasteiger partial charge in [-0.05, 0) is 55.2 Å². The predicted molar refractivity (Wildman–Crippen MR) is 103 cm³/mol. The van der Waals surface area contributed by atoms with E-state index >= 15 is 0 Å². The van der Waals surface area contributed by atoms with Gasteiger partial charge in [0.25, 0.3) is 0 Å². The van der Waals surface area contributed by atoms with Gasteiger partial charge in [0.15, 0.2) is 0 Å². The molecule has 1 aromatic rings. The van der Waals surface area contributed by atoms with Crippen LogP contribution in [0.1, 0.15) is 63.4 Å². The fraction of sp³-hybridized carbons (Fsp3) is 0.636. The Morgan fingerprint density at radius 1 is 1.00 bits per heavy atom. The molecule has 140 valence electrons. The van der Waals surface area contributed by atoms with E-state index < -0.39 is 0 Å². The molecule has 3 fully saturated rings. The molecule has 4 nitrogen and oxygen atoms in total. The molecule has 1 N–H and O–H groups in total. The van der Waals surface area contributed by atoms with Gasteiger partial charge in [-0.3, -0.25) is 9.59 Å². The Morgan fingerprint density at radius 3 is 2.50 bits per heavy atom. The second-order valence-electron chi connectivity index (χ2n) is 8.37. The van der Waals surface area contributed by atoms with Gasteiger partial charge in [-0.1, -0.05) is 37.8 Å². The molecule has 1 aromatic carbocycles. The van der Waals surface area contributed by atoms with E-state index in [4.69, 9.17) is 0 Å². The van der Waals surface area contributed by atoms with Gasteiger partial charge >= 0.3 is 0 Å². The van der Waals surface area contributed by atoms with Crippen LogP contribution in [0.4, 0.5) is 5.69 Å². The van der Waals surface area contributed by atoms with Crippen molar-refractivity contribution in [2.75, 3.05) is 11.4 Å². The molecule has 1 saturated heterocycles. The van der Waals surface area contributed by atoms with E-state index in [1.165, 1.54) is 38.5 Å². The van der Waals surface area contributed by atoms with Gasteiger partial charge < -0.3 is 10.2 Å². The minimum atomic E-state index is 0.134. The Balaban J connectivity index is 1.28. The summed E-state index contributed by atoms with van der Waals surface area (Å²) < 4.78 is 0. The number of amides is 2. The third kappa shape index (κ3) is 3.94. The highest BCUT2D eigenvalue weighted by molar-refractivity contribution is 5.95. The molecule has 3 aliphatic rings. The van der Waals surface area contributed by atoms with Crippen LogP contribution in [0, 0.1) is 11.8 Å². The van der Waals surface area contributed by atoms with Crippen molar-refractivity contribution in [2.45, 2.75) is 70.3 Å². The lowest BCUT2D eigenvalue weighted by molar-refractivity contribution is -0.121. The summed E-state index contributed by atoms with van der Waals surface area (Å²) in [4.78, 5) is 26.1. The zero-order valence-electron chi connectivity index (χ0n) is 15.6. The smallest absolute Gasteiger partial charge is 0.227 e. The SMILES string of the molecule is O=C(Cc1ccc(N2CCCC2=O)cc1)N[C@@H]1CC[C@H]2CCCC[C@H]2C1. The fourth-order valence-corrected chi connectivity index (χ4v) is 5.18. The Morgan fingerprint density at radius 2 is 1.77 bits per heavy atom. The summed E-state index contributed by atoms with van der Waals surface area (Å²) in [6.45, 7) is 0.808. The number of hydrogen-bond acceptors (Lipinski definition) is 2. The standard InChI is InChI=1S/C22H30N2O2/c25-21(23-19-10-9-17-4-1-2-5-18(17)15-19)14-16-7-11-20(12-8-16)24-13-3-6-22(24)26/h7-8,11-12,17-19H,1-6,9-10,13-15H2,(H,23,25)/t17-,18+,19-/m1/s1. The summed E-state index contributed by atoms with van der Waals surface area (Å²) in [7, 11) is 0. The maximum atomic E-state index is 12.5. The van der Waals surface area contributed by atoms with Crippen molar-refractivity contribution >= 4 is 17.5 Å². The van der Waals surface area contributed by atoms with E-state index in [-0.39, 0.29) is 11.8 Å². The van der Waals surface area contributed by atoms with Crippen LogP contribution in [-0.4, -0.2) is 24.4 Å². The maximum Gasteiger partial charge on any atom is 0.227 e. The van der Waals surface area contributed by atoms with Crippen LogP contribution >= 0.6 is 0 Å². The number of hydrogen-bond donors (Lipinski definition) is 1. The van der Waals surface area contributed by atoms with E-state index in [1.807, 2.05) is 29.2 Å². The largest absolute Gasteiger partial charge is 0.353 e. The van der Waals surface area contributed by atoms with E-state index in [0.717, 1.165) is 42.5 Å². The first-order valence-electron chi connectivity index (χ1n) is 10.4. The molecule has 26 heavy (non-hydrogen) atoms. The molecule has 4 rings (SSSR count). The van der Waals surface area contributed by atoms with Crippen LogP contribution in [0.3, 0.4) is 0 Å². The summed E-state index contributed by atoms with van der Waals surface area (Å²) in [5.41, 5.74) is 1.97. The molecule has 2 amide bonds. The van der Waals surface area contributed by atoms with Gasteiger partial charge in [0, 0.05) is 24.7 Å². The lowest BCUT2D eigenvalue weighted by atomic mass is 9.69. The second-order valence-corrected chi connectivity index (χ2v) is 8.37. The molecule has 0 bridgehead atoms. The molecule has 2 aliphatic carbocycles. The highest BCUT2D eigenvalue weighted by atomic mass is 16.2. The molecular formula is C22H30N2O2. The van der Waals surface area contributed by atoms with E-state index in [0.29, 0.717) is 18.9 Å². The Labute approximate surface area is 156 Å². The quantitative estimate of drug-likeness (QED) is 0.893. The highest BCUT2D eigenvalue weighted by Gasteiger charge is 2.32. The Bertz CT molecular complexity index is 655. The fourth-order valence-electron chi connectivity index (χ4n) is 5.18. The van der Waals surface area contributed by atoms with Gasteiger partial charge in [-0.15, -0.1) is 0 Å². The molecule has 4 heteroatoms. The van der Waals surface area contributed by atoms with Crippen molar-refractivity contribution in [2.24, 2.45) is 11.8 Å². The predicted octanol–water partition coefficient (Wildman–Crippen LogP) is 3.83. The number of nitrogens with one attached hydrogen (secondary N) is 1. The van der Waals surface area contributed by atoms with Gasteiger partial charge in [-0.25, -0.2) is 0 Å². The van der Waals surface area contributed by atoms with Crippen molar-refractivity contribution in [3.05, 3.63) is 29.8 Å². The molecular weight excluding hydrogens is 324 g/mol. The van der Waals surface area contributed by atoms with E-state index in [1.54, 1.807) is 0 Å². The Hall–Kier alpha value is -1.84. The third-order valence-corrected chi connectivity index (χ3v) is 6.59. The van der Waals surface area contributed by atoms with Gasteiger partial charge in [0.1, 0.15) is 0 Å². The summed E-state index contributed by atoms with van der Waals surface area (Å²) in [5, 5.41) is 3.27. The molecule has 3 atom stereocenters. The summed E-state index contributed by atoms with van der Waals surface area (Å²) in [6.07, 6.45) is 11.1. The zero-order chi connectivity index (χ0) is 17.9. The molecule has 0 unspecified atom stereocenters. The normalized spacial score (nSPS) is 28.7. The third-order valence-electron chi connectivity index (χ3n) is 6.59. The maximum absolute atomic E-state index is 12.5. The van der Waals surface area contributed by atoms with Crippen LogP contribution in [0.25, 0.3) is 0 Å². The van der Waals surface area contributed by atoms with Crippen LogP contribution in [0.15, 0.2) is 24.3 Å². The molecule has 1 aliphatic heterocycles. The topological polar surface area (TPSA) is 49.4 Å². The summed E-state index contributed by atoms with van der Waals surface area (Å²) in [5.74, 6) is 2.08. The molecule has 2 saturated carbocycles. The van der Waals surface area contributed by atoms with Crippen LogP contribution in [0.5, 0.6) is 0 Å². The van der Waals surface area contributed by atoms with Gasteiger partial charge in [-0.2, -0.15) is 0 Å². The first kappa shape index (κ1) is 17.6. The minimum absolute atomic E-state index is 0.134. The van der Waals surface area contributed by atoms with Crippen molar-refractivity contribution in [1.29, 1.82) is 0 Å². The lowest BCUT2D eigenvalue weighted by Crippen LogP contribution is -2.42. The average Bonchev–Trinajstić information content (AvgIpc) is 3.08. The monoisotopic (exact) mass is 354 g/mol. The Kier molecular flexibility index (Phi) is 5.28. The van der Waals surface area contributed by atoms with E-state index in [9.17, 15) is 9.59 Å². The van der Waals surface area contributed by atoms with E-state index in [2.05, 4.69) is 5.32 Å². The molecule has 1 heterocycles. The van der Waals surface area contributed by atoms with Crippen LogP contribution < -0.4 is 10.2 Å². The number of benzene rings is 1. The number of carbonyl (C=O) groups is 2. The average molecular weight is 354 g/mol. The number of carbonyl (C=O) groups excluding carboxylic acids is 2. The first-order valence-corrected chi connectivity index (χ1v) is 10.4. The lowest BCUT2D eigenvalue weighted by Gasteiger charge is -2.39. The first-order chi connectivity index (χ1) is 12.7. The van der Waals surface area contributed by atoms with Crippen molar-refractivity contribution < 1.29 is 9.59 Å². The summed E-state index contributed by atoms with van der Waals surface area (Å²) in [6, 6.07) is 8.28. The van der Waals surface area contributed by atoms with Crippen molar-refractivity contribution in [3.63, 3.8) is 0 Å². The van der Waals surface area contributed by atoms with Crippen molar-refractivity contribution in [1.82, 2.24) is 5.32 Å². The number of anilines is 1. The molecule has 0 spiro atoms. The summed E-state index contributed by atoms with van der Waals surface area (Å²) >= 11 is 0.